The van der Waals surface area contributed by atoms with Gasteiger partial charge in [-0.15, -0.1) is 4.80 Å². The van der Waals surface area contributed by atoms with Crippen LogP contribution >= 0.6 is 0 Å². The largest absolute Gasteiger partial charge is 0.444 e. The van der Waals surface area contributed by atoms with Gasteiger partial charge in [-0.05, 0) is 52.8 Å². The summed E-state index contributed by atoms with van der Waals surface area (Å²) >= 11 is 0. The number of amides is 1. The number of aryl methyl sites for hydroxylation is 1. The Hall–Kier alpha value is -5.12. The molecule has 0 fully saturated rings. The van der Waals surface area contributed by atoms with Gasteiger partial charge in [0, 0.05) is 5.56 Å². The third kappa shape index (κ3) is 7.10. The first-order chi connectivity index (χ1) is 19.4. The van der Waals surface area contributed by atoms with Crippen LogP contribution in [0.25, 0.3) is 5.69 Å². The SMILES string of the molecule is Cc1ncc(Nc2nc(N[C@H](c3ccccc3F)[C@H](C)NC(=O)OC(C)(C)C)c(F)cc2C#N)cc1-n1nccn1. The first-order valence-corrected chi connectivity index (χ1v) is 12.7. The van der Waals surface area contributed by atoms with Gasteiger partial charge < -0.3 is 20.7 Å². The monoisotopic (exact) mass is 561 g/mol. The Morgan fingerprint density at radius 3 is 2.46 bits per heavy atom. The Balaban J connectivity index is 1.68. The Bertz CT molecular complexity index is 1580. The van der Waals surface area contributed by atoms with Gasteiger partial charge in [-0.25, -0.2) is 18.6 Å². The lowest BCUT2D eigenvalue weighted by atomic mass is 9.99. The summed E-state index contributed by atoms with van der Waals surface area (Å²) in [6, 6.07) is 8.82. The van der Waals surface area contributed by atoms with Crippen LogP contribution in [0.15, 0.2) is 55.0 Å². The minimum atomic E-state index is -0.968. The highest BCUT2D eigenvalue weighted by atomic mass is 19.1. The Labute approximate surface area is 235 Å². The van der Waals surface area contributed by atoms with E-state index in [-0.39, 0.29) is 22.8 Å². The van der Waals surface area contributed by atoms with Gasteiger partial charge >= 0.3 is 6.09 Å². The number of nitriles is 1. The lowest BCUT2D eigenvalue weighted by Gasteiger charge is -2.29. The number of aromatic nitrogens is 5. The number of benzene rings is 1. The molecular weight excluding hydrogens is 532 g/mol. The number of rotatable bonds is 8. The van der Waals surface area contributed by atoms with Crippen LogP contribution < -0.4 is 16.0 Å². The normalized spacial score (nSPS) is 12.6. The van der Waals surface area contributed by atoms with Crippen molar-refractivity contribution < 1.29 is 18.3 Å². The summed E-state index contributed by atoms with van der Waals surface area (Å²) in [5.41, 5.74) is 1.01. The Kier molecular flexibility index (Phi) is 8.42. The van der Waals surface area contributed by atoms with Crippen molar-refractivity contribution in [2.45, 2.75) is 52.3 Å². The molecule has 11 nitrogen and oxygen atoms in total. The van der Waals surface area contributed by atoms with E-state index in [0.29, 0.717) is 17.1 Å². The third-order valence-corrected chi connectivity index (χ3v) is 5.83. The summed E-state index contributed by atoms with van der Waals surface area (Å²) in [5, 5.41) is 26.5. The maximum atomic E-state index is 15.2. The number of alkyl carbamates (subject to hydrolysis) is 1. The number of nitrogens with one attached hydrogen (secondary N) is 3. The van der Waals surface area contributed by atoms with Gasteiger partial charge in [-0.2, -0.15) is 15.5 Å². The van der Waals surface area contributed by atoms with E-state index in [9.17, 15) is 14.4 Å². The second-order valence-corrected chi connectivity index (χ2v) is 10.2. The molecule has 0 bridgehead atoms. The molecule has 0 aliphatic carbocycles. The summed E-state index contributed by atoms with van der Waals surface area (Å²) in [5.74, 6) is -1.66. The molecule has 13 heteroatoms. The van der Waals surface area contributed by atoms with Crippen LogP contribution in [0.2, 0.25) is 0 Å². The summed E-state index contributed by atoms with van der Waals surface area (Å²) in [6.07, 6.45) is 3.85. The van der Waals surface area contributed by atoms with Crippen LogP contribution in [0, 0.1) is 29.9 Å². The zero-order valence-electron chi connectivity index (χ0n) is 23.1. The molecule has 2 atom stereocenters. The summed E-state index contributed by atoms with van der Waals surface area (Å²) in [6.45, 7) is 8.56. The fourth-order valence-electron chi connectivity index (χ4n) is 3.96. The zero-order valence-corrected chi connectivity index (χ0v) is 23.1. The predicted octanol–water partition coefficient (Wildman–Crippen LogP) is 5.33. The molecule has 3 heterocycles. The standard InChI is InChI=1S/C28H29F2N9O2/c1-16-23(39-33-10-11-34-39)13-19(15-32-16)36-25-18(14-31)12-22(30)26(38-25)37-24(20-8-6-7-9-21(20)29)17(2)35-27(40)41-28(3,4)5/h6-13,15,17,24H,1-5H3,(H,35,40)(H2,36,37,38)/t17-,24-/m0/s1. The molecule has 0 radical (unpaired) electrons. The maximum Gasteiger partial charge on any atom is 0.407 e. The molecule has 41 heavy (non-hydrogen) atoms. The van der Waals surface area contributed by atoms with Crippen molar-refractivity contribution in [1.82, 2.24) is 30.3 Å². The van der Waals surface area contributed by atoms with Crippen LogP contribution in [0.3, 0.4) is 0 Å². The lowest BCUT2D eigenvalue weighted by molar-refractivity contribution is 0.0503. The van der Waals surface area contributed by atoms with Gasteiger partial charge in [-0.1, -0.05) is 18.2 Å². The number of carbonyl (C=O) groups excluding carboxylic acids is 1. The lowest BCUT2D eigenvalue weighted by Crippen LogP contribution is -2.43. The van der Waals surface area contributed by atoms with E-state index < -0.39 is 35.4 Å². The summed E-state index contributed by atoms with van der Waals surface area (Å²) in [4.78, 5) is 22.5. The van der Waals surface area contributed by atoms with Crippen LogP contribution in [0.5, 0.6) is 0 Å². The first kappa shape index (κ1) is 28.9. The molecule has 0 aliphatic heterocycles. The molecule has 4 aromatic rings. The first-order valence-electron chi connectivity index (χ1n) is 12.7. The number of pyridine rings is 2. The topological polar surface area (TPSA) is 143 Å². The number of anilines is 3. The highest BCUT2D eigenvalue weighted by Crippen LogP contribution is 2.29. The molecule has 4 rings (SSSR count). The van der Waals surface area contributed by atoms with Crippen LogP contribution in [-0.4, -0.2) is 42.7 Å². The summed E-state index contributed by atoms with van der Waals surface area (Å²) in [7, 11) is 0. The zero-order chi connectivity index (χ0) is 29.7. The molecule has 0 spiro atoms. The molecule has 0 saturated carbocycles. The molecular formula is C28H29F2N9O2. The van der Waals surface area contributed by atoms with Gasteiger partial charge in [0.05, 0.1) is 47.6 Å². The van der Waals surface area contributed by atoms with Gasteiger partial charge in [0.15, 0.2) is 17.5 Å². The van der Waals surface area contributed by atoms with Crippen molar-refractivity contribution in [3.63, 3.8) is 0 Å². The highest BCUT2D eigenvalue weighted by Gasteiger charge is 2.28. The van der Waals surface area contributed by atoms with Gasteiger partial charge in [0.1, 0.15) is 23.2 Å². The second-order valence-electron chi connectivity index (χ2n) is 10.2. The quantitative estimate of drug-likeness (QED) is 0.260. The Morgan fingerprint density at radius 2 is 1.80 bits per heavy atom. The van der Waals surface area contributed by atoms with Crippen molar-refractivity contribution in [2.24, 2.45) is 0 Å². The van der Waals surface area contributed by atoms with E-state index in [2.05, 4.69) is 36.1 Å². The van der Waals surface area contributed by atoms with E-state index in [0.717, 1.165) is 6.07 Å². The second kappa shape index (κ2) is 12.0. The van der Waals surface area contributed by atoms with E-state index in [1.807, 2.05) is 6.07 Å². The molecule has 1 amide bonds. The summed E-state index contributed by atoms with van der Waals surface area (Å²) < 4.78 is 35.5. The smallest absolute Gasteiger partial charge is 0.407 e. The molecule has 3 aromatic heterocycles. The van der Waals surface area contributed by atoms with Crippen molar-refractivity contribution in [3.8, 4) is 11.8 Å². The number of hydrogen-bond donors (Lipinski definition) is 3. The molecule has 0 aliphatic rings. The van der Waals surface area contributed by atoms with E-state index in [1.54, 1.807) is 46.8 Å². The van der Waals surface area contributed by atoms with Crippen LogP contribution in [-0.2, 0) is 4.74 Å². The average Bonchev–Trinajstić information content (AvgIpc) is 3.44. The van der Waals surface area contributed by atoms with E-state index in [1.165, 1.54) is 41.6 Å². The van der Waals surface area contributed by atoms with Crippen molar-refractivity contribution >= 4 is 23.4 Å². The molecule has 1 aromatic carbocycles. The molecule has 0 unspecified atom stereocenters. The average molecular weight is 562 g/mol. The number of halogens is 2. The predicted molar refractivity (Wildman–Crippen MR) is 148 cm³/mol. The number of nitrogens with zero attached hydrogens (tertiary/aromatic N) is 6. The van der Waals surface area contributed by atoms with Crippen molar-refractivity contribution in [3.05, 3.63) is 83.4 Å². The fraction of sp³-hybridized carbons (Fsp3) is 0.286. The van der Waals surface area contributed by atoms with Gasteiger partial charge in [-0.3, -0.25) is 4.98 Å². The van der Waals surface area contributed by atoms with Gasteiger partial charge in [0.2, 0.25) is 0 Å². The van der Waals surface area contributed by atoms with E-state index >= 15 is 4.39 Å². The van der Waals surface area contributed by atoms with Crippen LogP contribution in [0.1, 0.15) is 50.6 Å². The van der Waals surface area contributed by atoms with Crippen molar-refractivity contribution in [2.75, 3.05) is 10.6 Å². The van der Waals surface area contributed by atoms with Gasteiger partial charge in [0.25, 0.3) is 0 Å². The fourth-order valence-corrected chi connectivity index (χ4v) is 3.96. The minimum Gasteiger partial charge on any atom is -0.444 e. The molecule has 0 saturated heterocycles. The Morgan fingerprint density at radius 1 is 1.10 bits per heavy atom. The van der Waals surface area contributed by atoms with Crippen molar-refractivity contribution in [1.29, 1.82) is 5.26 Å². The third-order valence-electron chi connectivity index (χ3n) is 5.83. The number of carbonyl (C=O) groups is 1. The van der Waals surface area contributed by atoms with E-state index in [4.69, 9.17) is 4.74 Å². The highest BCUT2D eigenvalue weighted by molar-refractivity contribution is 5.69. The van der Waals surface area contributed by atoms with Crippen LogP contribution in [0.4, 0.5) is 30.9 Å². The molecule has 212 valence electrons. The number of hydrogen-bond acceptors (Lipinski definition) is 9. The minimum absolute atomic E-state index is 0.0291. The number of ether oxygens (including phenoxy) is 1. The molecule has 3 N–H and O–H groups in total. The maximum absolute atomic E-state index is 15.2.